The predicted molar refractivity (Wildman–Crippen MR) is 36.4 cm³/mol. The van der Waals surface area contributed by atoms with Crippen molar-refractivity contribution >= 4 is 0 Å². The highest BCUT2D eigenvalue weighted by molar-refractivity contribution is 5.01. The smallest absolute Gasteiger partial charge is 0.244 e. The van der Waals surface area contributed by atoms with Gasteiger partial charge < -0.3 is 0 Å². The van der Waals surface area contributed by atoms with E-state index in [2.05, 4.69) is 4.74 Å². The van der Waals surface area contributed by atoms with Crippen LogP contribution in [-0.4, -0.2) is 18.1 Å². The highest BCUT2D eigenvalue weighted by Crippen LogP contribution is 2.39. The average Bonchev–Trinajstić information content (AvgIpc) is 1.79. The Hall–Kier alpha value is -0.720. The van der Waals surface area contributed by atoms with E-state index in [1.54, 1.807) is 0 Å². The molecule has 0 spiro atoms. The lowest BCUT2D eigenvalue weighted by Crippen LogP contribution is -2.46. The second-order valence-corrected chi connectivity index (χ2v) is 2.58. The maximum atomic E-state index is 13.0. The van der Waals surface area contributed by atoms with E-state index in [1.165, 1.54) is 0 Å². The average molecular weight is 222 g/mol. The van der Waals surface area contributed by atoms with Crippen molar-refractivity contribution in [1.82, 2.24) is 0 Å². The molecular weight excluding hydrogens is 214 g/mol. The molecule has 0 fully saturated rings. The third-order valence-corrected chi connectivity index (χ3v) is 1.24. The second-order valence-electron chi connectivity index (χ2n) is 2.58. The molecule has 0 rings (SSSR count). The van der Waals surface area contributed by atoms with Gasteiger partial charge in [-0.25, -0.2) is 17.9 Å². The SMILES string of the molecule is C/C=C/C(F)(OC(F)(F)F)C(C)(F)F. The molecule has 0 heterocycles. The highest BCUT2D eigenvalue weighted by Gasteiger charge is 2.56. The van der Waals surface area contributed by atoms with Crippen molar-refractivity contribution in [3.05, 3.63) is 12.2 Å². The number of halogens is 6. The largest absolute Gasteiger partial charge is 0.525 e. The lowest BCUT2D eigenvalue weighted by atomic mass is 10.1. The fourth-order valence-corrected chi connectivity index (χ4v) is 0.653. The van der Waals surface area contributed by atoms with Gasteiger partial charge in [-0.05, 0) is 13.0 Å². The van der Waals surface area contributed by atoms with Gasteiger partial charge in [0.1, 0.15) is 0 Å². The van der Waals surface area contributed by atoms with E-state index in [4.69, 9.17) is 0 Å². The Morgan fingerprint density at radius 1 is 1.00 bits per heavy atom. The first-order valence-corrected chi connectivity index (χ1v) is 3.49. The zero-order valence-corrected chi connectivity index (χ0v) is 7.33. The first-order chi connectivity index (χ1) is 6.02. The van der Waals surface area contributed by atoms with Gasteiger partial charge in [-0.1, -0.05) is 6.08 Å². The third-order valence-electron chi connectivity index (χ3n) is 1.24. The minimum Gasteiger partial charge on any atom is -0.244 e. The predicted octanol–water partition coefficient (Wildman–Crippen LogP) is 3.42. The first-order valence-electron chi connectivity index (χ1n) is 3.49. The van der Waals surface area contributed by atoms with E-state index in [9.17, 15) is 26.3 Å². The summed E-state index contributed by atoms with van der Waals surface area (Å²) in [6.07, 6.45) is -4.74. The molecule has 0 saturated heterocycles. The molecule has 1 unspecified atom stereocenters. The zero-order chi connectivity index (χ0) is 11.6. The number of ether oxygens (including phenoxy) is 1. The number of hydrogen-bond acceptors (Lipinski definition) is 1. The van der Waals surface area contributed by atoms with Crippen LogP contribution in [0.2, 0.25) is 0 Å². The fraction of sp³-hybridized carbons (Fsp3) is 0.714. The van der Waals surface area contributed by atoms with Crippen LogP contribution in [0.15, 0.2) is 12.2 Å². The van der Waals surface area contributed by atoms with Crippen LogP contribution < -0.4 is 0 Å². The van der Waals surface area contributed by atoms with Crippen LogP contribution in [-0.2, 0) is 4.74 Å². The van der Waals surface area contributed by atoms with Gasteiger partial charge >= 0.3 is 12.3 Å². The molecule has 0 aromatic heterocycles. The maximum Gasteiger partial charge on any atom is 0.525 e. The Balaban J connectivity index is 4.93. The fourth-order valence-electron chi connectivity index (χ4n) is 0.653. The molecule has 84 valence electrons. The lowest BCUT2D eigenvalue weighted by Gasteiger charge is -2.28. The van der Waals surface area contributed by atoms with Gasteiger partial charge in [0, 0.05) is 6.92 Å². The third kappa shape index (κ3) is 3.57. The molecule has 0 aromatic rings. The summed E-state index contributed by atoms with van der Waals surface area (Å²) in [6.45, 7) is 1.10. The molecule has 0 aliphatic rings. The molecule has 0 amide bonds. The standard InChI is InChI=1S/C7H8F6O/c1-3-4-6(10,5(2,8)9)14-7(11,12)13/h3-4H,1-2H3/b4-3+. The summed E-state index contributed by atoms with van der Waals surface area (Å²) in [5.41, 5.74) is 0. The lowest BCUT2D eigenvalue weighted by molar-refractivity contribution is -0.412. The van der Waals surface area contributed by atoms with Crippen LogP contribution in [0.25, 0.3) is 0 Å². The molecule has 0 radical (unpaired) electrons. The molecule has 0 aliphatic carbocycles. The van der Waals surface area contributed by atoms with Gasteiger partial charge in [0.25, 0.3) is 5.85 Å². The van der Waals surface area contributed by atoms with Gasteiger partial charge in [-0.15, -0.1) is 13.2 Å². The molecule has 0 bridgehead atoms. The molecule has 0 aromatic carbocycles. The summed E-state index contributed by atoms with van der Waals surface area (Å²) in [4.78, 5) is 0. The highest BCUT2D eigenvalue weighted by atomic mass is 19.4. The van der Waals surface area contributed by atoms with Gasteiger partial charge in [0.2, 0.25) is 0 Å². The minimum atomic E-state index is -5.46. The second kappa shape index (κ2) is 3.80. The molecule has 1 atom stereocenters. The monoisotopic (exact) mass is 222 g/mol. The van der Waals surface area contributed by atoms with Crippen LogP contribution >= 0.6 is 0 Å². The summed E-state index contributed by atoms with van der Waals surface area (Å²) in [5, 5.41) is 0. The van der Waals surface area contributed by atoms with Crippen molar-refractivity contribution in [3.63, 3.8) is 0 Å². The normalized spacial score (nSPS) is 18.6. The van der Waals surface area contributed by atoms with Crippen LogP contribution in [0.5, 0.6) is 0 Å². The van der Waals surface area contributed by atoms with Gasteiger partial charge in [0.15, 0.2) is 0 Å². The van der Waals surface area contributed by atoms with Crippen molar-refractivity contribution < 1.29 is 31.1 Å². The molecule has 1 nitrogen and oxygen atoms in total. The van der Waals surface area contributed by atoms with Crippen molar-refractivity contribution in [2.75, 3.05) is 0 Å². The van der Waals surface area contributed by atoms with Gasteiger partial charge in [0.05, 0.1) is 0 Å². The number of hydrogen-bond donors (Lipinski definition) is 0. The van der Waals surface area contributed by atoms with Crippen LogP contribution in [0.4, 0.5) is 26.3 Å². The number of rotatable bonds is 3. The van der Waals surface area contributed by atoms with E-state index in [1.807, 2.05) is 0 Å². The quantitative estimate of drug-likeness (QED) is 0.525. The topological polar surface area (TPSA) is 9.23 Å². The first kappa shape index (κ1) is 13.3. The van der Waals surface area contributed by atoms with E-state index in [-0.39, 0.29) is 13.0 Å². The summed E-state index contributed by atoms with van der Waals surface area (Å²) in [6, 6.07) is 0. The van der Waals surface area contributed by atoms with E-state index < -0.39 is 18.1 Å². The Morgan fingerprint density at radius 3 is 1.64 bits per heavy atom. The van der Waals surface area contributed by atoms with Gasteiger partial charge in [-0.3, -0.25) is 0 Å². The summed E-state index contributed by atoms with van der Waals surface area (Å²) in [5.74, 6) is -8.45. The van der Waals surface area contributed by atoms with E-state index >= 15 is 0 Å². The van der Waals surface area contributed by atoms with Crippen molar-refractivity contribution in [2.24, 2.45) is 0 Å². The summed E-state index contributed by atoms with van der Waals surface area (Å²) < 4.78 is 75.3. The van der Waals surface area contributed by atoms with Crippen LogP contribution in [0.3, 0.4) is 0 Å². The van der Waals surface area contributed by atoms with Crippen molar-refractivity contribution in [2.45, 2.75) is 32.0 Å². The molecule has 7 heteroatoms. The Kier molecular flexibility index (Phi) is 3.60. The van der Waals surface area contributed by atoms with E-state index in [0.29, 0.717) is 6.08 Å². The maximum absolute atomic E-state index is 13.0. The van der Waals surface area contributed by atoms with Crippen LogP contribution in [0, 0.1) is 0 Å². The summed E-state index contributed by atoms with van der Waals surface area (Å²) in [7, 11) is 0. The Bertz CT molecular complexity index is 215. The number of alkyl halides is 6. The van der Waals surface area contributed by atoms with Crippen molar-refractivity contribution in [3.8, 4) is 0 Å². The minimum absolute atomic E-state index is 0.00125. The Labute approximate surface area is 76.3 Å². The molecule has 14 heavy (non-hydrogen) atoms. The summed E-state index contributed by atoms with van der Waals surface area (Å²) >= 11 is 0. The van der Waals surface area contributed by atoms with Crippen molar-refractivity contribution in [1.29, 1.82) is 0 Å². The molecular formula is C7H8F6O. The zero-order valence-electron chi connectivity index (χ0n) is 7.33. The van der Waals surface area contributed by atoms with Gasteiger partial charge in [-0.2, -0.15) is 0 Å². The van der Waals surface area contributed by atoms with Crippen LogP contribution in [0.1, 0.15) is 13.8 Å². The molecule has 0 saturated carbocycles. The number of allylic oxidation sites excluding steroid dienone is 1. The van der Waals surface area contributed by atoms with E-state index in [0.717, 1.165) is 6.92 Å². The molecule has 0 N–H and O–H groups in total. The Morgan fingerprint density at radius 2 is 1.43 bits per heavy atom. The molecule has 0 aliphatic heterocycles.